The Kier molecular flexibility index (Phi) is 3.81. The van der Waals surface area contributed by atoms with Crippen LogP contribution in [0.1, 0.15) is 17.7 Å². The average molecular weight is 269 g/mol. The SMILES string of the molecule is Cc1ccc(NC[C@@H]2CCOc3ccccc3C2)nn1. The number of hydrogen-bond donors (Lipinski definition) is 1. The number of anilines is 1. The van der Waals surface area contributed by atoms with Crippen molar-refractivity contribution >= 4 is 5.82 Å². The summed E-state index contributed by atoms with van der Waals surface area (Å²) in [6, 6.07) is 12.3. The number of para-hydroxylation sites is 1. The van der Waals surface area contributed by atoms with Crippen molar-refractivity contribution in [3.8, 4) is 5.75 Å². The van der Waals surface area contributed by atoms with E-state index in [9.17, 15) is 0 Å². The summed E-state index contributed by atoms with van der Waals surface area (Å²) in [4.78, 5) is 0. The molecule has 1 atom stereocenters. The zero-order valence-electron chi connectivity index (χ0n) is 11.7. The van der Waals surface area contributed by atoms with Crippen molar-refractivity contribution in [2.24, 2.45) is 5.92 Å². The first-order valence-corrected chi connectivity index (χ1v) is 7.06. The van der Waals surface area contributed by atoms with E-state index in [1.54, 1.807) is 0 Å². The van der Waals surface area contributed by atoms with Crippen LogP contribution >= 0.6 is 0 Å². The Labute approximate surface area is 119 Å². The van der Waals surface area contributed by atoms with Gasteiger partial charge in [-0.25, -0.2) is 0 Å². The summed E-state index contributed by atoms with van der Waals surface area (Å²) >= 11 is 0. The van der Waals surface area contributed by atoms with Crippen LogP contribution in [0.15, 0.2) is 36.4 Å². The van der Waals surface area contributed by atoms with Gasteiger partial charge in [-0.1, -0.05) is 18.2 Å². The maximum Gasteiger partial charge on any atom is 0.148 e. The summed E-state index contributed by atoms with van der Waals surface area (Å²) in [6.07, 6.45) is 2.10. The van der Waals surface area contributed by atoms with Crippen LogP contribution in [0.5, 0.6) is 5.75 Å². The second kappa shape index (κ2) is 5.90. The number of aromatic nitrogens is 2. The summed E-state index contributed by atoms with van der Waals surface area (Å²) < 4.78 is 5.79. The predicted molar refractivity (Wildman–Crippen MR) is 79.0 cm³/mol. The van der Waals surface area contributed by atoms with Crippen molar-refractivity contribution in [3.05, 3.63) is 47.7 Å². The van der Waals surface area contributed by atoms with Crippen LogP contribution < -0.4 is 10.1 Å². The third kappa shape index (κ3) is 3.07. The Morgan fingerprint density at radius 3 is 2.95 bits per heavy atom. The number of fused-ring (bicyclic) bond motifs is 1. The van der Waals surface area contributed by atoms with Crippen LogP contribution in [0, 0.1) is 12.8 Å². The van der Waals surface area contributed by atoms with E-state index in [-0.39, 0.29) is 0 Å². The van der Waals surface area contributed by atoms with E-state index < -0.39 is 0 Å². The molecule has 1 aromatic heterocycles. The zero-order valence-corrected chi connectivity index (χ0v) is 11.7. The molecule has 1 aliphatic heterocycles. The zero-order chi connectivity index (χ0) is 13.8. The molecule has 4 nitrogen and oxygen atoms in total. The fourth-order valence-electron chi connectivity index (χ4n) is 2.48. The van der Waals surface area contributed by atoms with E-state index in [0.29, 0.717) is 5.92 Å². The normalized spacial score (nSPS) is 17.8. The van der Waals surface area contributed by atoms with Gasteiger partial charge in [0.25, 0.3) is 0 Å². The molecule has 1 aromatic carbocycles. The van der Waals surface area contributed by atoms with Gasteiger partial charge in [0.15, 0.2) is 0 Å². The Morgan fingerprint density at radius 2 is 2.10 bits per heavy atom. The van der Waals surface area contributed by atoms with Gasteiger partial charge >= 0.3 is 0 Å². The number of ether oxygens (including phenoxy) is 1. The van der Waals surface area contributed by atoms with Crippen LogP contribution in [0.25, 0.3) is 0 Å². The molecular weight excluding hydrogens is 250 g/mol. The maximum absolute atomic E-state index is 5.79. The average Bonchev–Trinajstić information content (AvgIpc) is 2.68. The topological polar surface area (TPSA) is 47.0 Å². The van der Waals surface area contributed by atoms with E-state index >= 15 is 0 Å². The van der Waals surface area contributed by atoms with E-state index in [4.69, 9.17) is 4.74 Å². The van der Waals surface area contributed by atoms with Crippen LogP contribution in [-0.2, 0) is 6.42 Å². The van der Waals surface area contributed by atoms with Gasteiger partial charge in [-0.15, -0.1) is 5.10 Å². The van der Waals surface area contributed by atoms with Crippen LogP contribution in [0.2, 0.25) is 0 Å². The summed E-state index contributed by atoms with van der Waals surface area (Å²) in [5, 5.41) is 11.6. The van der Waals surface area contributed by atoms with Crippen molar-refractivity contribution in [2.45, 2.75) is 19.8 Å². The fourth-order valence-corrected chi connectivity index (χ4v) is 2.48. The minimum absolute atomic E-state index is 0.557. The molecule has 104 valence electrons. The second-order valence-corrected chi connectivity index (χ2v) is 5.26. The van der Waals surface area contributed by atoms with Crippen molar-refractivity contribution < 1.29 is 4.74 Å². The van der Waals surface area contributed by atoms with Gasteiger partial charge in [-0.2, -0.15) is 5.10 Å². The summed E-state index contributed by atoms with van der Waals surface area (Å²) in [5.41, 5.74) is 2.24. The molecule has 0 amide bonds. The fraction of sp³-hybridized carbons (Fsp3) is 0.375. The molecule has 0 bridgehead atoms. The first-order chi connectivity index (χ1) is 9.81. The van der Waals surface area contributed by atoms with E-state index in [0.717, 1.165) is 43.3 Å². The monoisotopic (exact) mass is 269 g/mol. The van der Waals surface area contributed by atoms with Gasteiger partial charge in [-0.3, -0.25) is 0 Å². The number of rotatable bonds is 3. The molecule has 3 rings (SSSR count). The number of nitrogens with one attached hydrogen (secondary N) is 1. The number of benzene rings is 1. The molecule has 2 heterocycles. The lowest BCUT2D eigenvalue weighted by Crippen LogP contribution is -2.18. The van der Waals surface area contributed by atoms with E-state index in [2.05, 4.69) is 33.7 Å². The van der Waals surface area contributed by atoms with Crippen LogP contribution in [0.4, 0.5) is 5.82 Å². The number of aryl methyl sites for hydroxylation is 1. The molecule has 0 unspecified atom stereocenters. The third-order valence-corrected chi connectivity index (χ3v) is 3.63. The first-order valence-electron chi connectivity index (χ1n) is 7.06. The van der Waals surface area contributed by atoms with Gasteiger partial charge in [-0.05, 0) is 49.4 Å². The minimum Gasteiger partial charge on any atom is -0.493 e. The lowest BCUT2D eigenvalue weighted by molar-refractivity contribution is 0.298. The molecule has 0 aliphatic carbocycles. The standard InChI is InChI=1S/C16H19N3O/c1-12-6-7-16(19-18-12)17-11-13-8-9-20-15-5-3-2-4-14(15)10-13/h2-7,13H,8-11H2,1H3,(H,17,19)/t13-/m1/s1. The molecule has 2 aromatic rings. The predicted octanol–water partition coefficient (Wildman–Crippen LogP) is 2.84. The quantitative estimate of drug-likeness (QED) is 0.930. The van der Waals surface area contributed by atoms with Crippen LogP contribution in [-0.4, -0.2) is 23.3 Å². The Hall–Kier alpha value is -2.10. The minimum atomic E-state index is 0.557. The van der Waals surface area contributed by atoms with Gasteiger partial charge in [0.1, 0.15) is 11.6 Å². The second-order valence-electron chi connectivity index (χ2n) is 5.26. The highest BCUT2D eigenvalue weighted by Crippen LogP contribution is 2.26. The van der Waals surface area contributed by atoms with Crippen molar-refractivity contribution in [2.75, 3.05) is 18.5 Å². The lowest BCUT2D eigenvalue weighted by Gasteiger charge is -2.14. The maximum atomic E-state index is 5.79. The highest BCUT2D eigenvalue weighted by molar-refractivity contribution is 5.35. The molecule has 0 saturated carbocycles. The molecule has 1 N–H and O–H groups in total. The van der Waals surface area contributed by atoms with Crippen molar-refractivity contribution in [1.29, 1.82) is 0 Å². The molecule has 20 heavy (non-hydrogen) atoms. The lowest BCUT2D eigenvalue weighted by atomic mass is 9.97. The summed E-state index contributed by atoms with van der Waals surface area (Å²) in [7, 11) is 0. The first kappa shape index (κ1) is 12.9. The van der Waals surface area contributed by atoms with Gasteiger partial charge < -0.3 is 10.1 Å². The third-order valence-electron chi connectivity index (χ3n) is 3.63. The summed E-state index contributed by atoms with van der Waals surface area (Å²) in [6.45, 7) is 3.62. The molecule has 0 radical (unpaired) electrons. The van der Waals surface area contributed by atoms with Gasteiger partial charge in [0, 0.05) is 6.54 Å². The molecule has 1 aliphatic rings. The van der Waals surface area contributed by atoms with Gasteiger partial charge in [0.05, 0.1) is 12.3 Å². The van der Waals surface area contributed by atoms with Crippen molar-refractivity contribution in [3.63, 3.8) is 0 Å². The Morgan fingerprint density at radius 1 is 1.20 bits per heavy atom. The van der Waals surface area contributed by atoms with Crippen LogP contribution in [0.3, 0.4) is 0 Å². The Balaban J connectivity index is 1.62. The largest absolute Gasteiger partial charge is 0.493 e. The highest BCUT2D eigenvalue weighted by atomic mass is 16.5. The number of hydrogen-bond acceptors (Lipinski definition) is 4. The molecule has 4 heteroatoms. The smallest absolute Gasteiger partial charge is 0.148 e. The molecule has 0 spiro atoms. The molecule has 0 fully saturated rings. The highest BCUT2D eigenvalue weighted by Gasteiger charge is 2.17. The molecule has 0 saturated heterocycles. The molecular formula is C16H19N3O. The summed E-state index contributed by atoms with van der Waals surface area (Å²) in [5.74, 6) is 2.43. The van der Waals surface area contributed by atoms with Crippen molar-refractivity contribution in [1.82, 2.24) is 10.2 Å². The Bertz CT molecular complexity index is 568. The number of nitrogens with zero attached hydrogens (tertiary/aromatic N) is 2. The van der Waals surface area contributed by atoms with Gasteiger partial charge in [0.2, 0.25) is 0 Å². The van der Waals surface area contributed by atoms with E-state index in [1.807, 2.05) is 25.1 Å². The van der Waals surface area contributed by atoms with E-state index in [1.165, 1.54) is 5.56 Å².